The van der Waals surface area contributed by atoms with Crippen LogP contribution in [0.15, 0.2) is 48.5 Å². The number of amides is 4. The summed E-state index contributed by atoms with van der Waals surface area (Å²) in [6.07, 6.45) is -0.986. The van der Waals surface area contributed by atoms with Crippen molar-refractivity contribution in [3.8, 4) is 0 Å². The molecule has 9 heteroatoms. The summed E-state index contributed by atoms with van der Waals surface area (Å²) in [5, 5.41) is 5.54. The van der Waals surface area contributed by atoms with E-state index in [4.69, 9.17) is 10.5 Å². The first kappa shape index (κ1) is 30.3. The zero-order chi connectivity index (χ0) is 28.6. The molecule has 0 heterocycles. The molecule has 2 unspecified atom stereocenters. The molecular formula is C29H40N4O5. The molecule has 4 N–H and O–H groups in total. The first-order valence-corrected chi connectivity index (χ1v) is 12.7. The lowest BCUT2D eigenvalue weighted by Crippen LogP contribution is -2.54. The Kier molecular flexibility index (Phi) is 10.4. The third kappa shape index (κ3) is 8.90. The number of nitrogens with two attached hydrogens (primary N) is 1. The minimum atomic E-state index is -1.14. The van der Waals surface area contributed by atoms with E-state index in [9.17, 15) is 19.2 Å². The van der Waals surface area contributed by atoms with Gasteiger partial charge in [-0.15, -0.1) is 0 Å². The Hall–Kier alpha value is -3.88. The maximum Gasteiger partial charge on any atom is 0.408 e. The number of alkyl carbamates (subject to hydrolysis) is 1. The van der Waals surface area contributed by atoms with E-state index >= 15 is 0 Å². The number of nitrogens with one attached hydrogen (secondary N) is 2. The summed E-state index contributed by atoms with van der Waals surface area (Å²) in [6, 6.07) is 12.1. The predicted molar refractivity (Wildman–Crippen MR) is 147 cm³/mol. The van der Waals surface area contributed by atoms with Gasteiger partial charge in [0.05, 0.1) is 0 Å². The van der Waals surface area contributed by atoms with Crippen LogP contribution in [0.2, 0.25) is 0 Å². The highest BCUT2D eigenvalue weighted by molar-refractivity contribution is 5.99. The van der Waals surface area contributed by atoms with Gasteiger partial charge in [0.15, 0.2) is 0 Å². The molecule has 4 amide bonds. The lowest BCUT2D eigenvalue weighted by Gasteiger charge is -2.37. The lowest BCUT2D eigenvalue weighted by molar-refractivity contribution is -0.143. The fraction of sp³-hybridized carbons (Fsp3) is 0.448. The third-order valence-corrected chi connectivity index (χ3v) is 5.80. The summed E-state index contributed by atoms with van der Waals surface area (Å²) in [5.41, 5.74) is 7.66. The van der Waals surface area contributed by atoms with Crippen LogP contribution < -0.4 is 16.4 Å². The van der Waals surface area contributed by atoms with Crippen molar-refractivity contribution in [2.75, 3.05) is 5.32 Å². The van der Waals surface area contributed by atoms with E-state index in [1.807, 2.05) is 44.2 Å². The zero-order valence-electron chi connectivity index (χ0n) is 23.3. The van der Waals surface area contributed by atoms with Gasteiger partial charge in [-0.2, -0.15) is 0 Å². The van der Waals surface area contributed by atoms with Crippen molar-refractivity contribution in [2.45, 2.75) is 85.0 Å². The van der Waals surface area contributed by atoms with Crippen LogP contribution in [0.4, 0.5) is 10.5 Å². The van der Waals surface area contributed by atoms with Crippen LogP contribution in [-0.4, -0.2) is 46.4 Å². The molecule has 206 valence electrons. The molecule has 2 rings (SSSR count). The topological polar surface area (TPSA) is 131 Å². The van der Waals surface area contributed by atoms with Gasteiger partial charge in [0.2, 0.25) is 11.8 Å². The van der Waals surface area contributed by atoms with Gasteiger partial charge in [0.1, 0.15) is 17.7 Å². The molecule has 0 bridgehead atoms. The summed E-state index contributed by atoms with van der Waals surface area (Å²) >= 11 is 0. The van der Waals surface area contributed by atoms with Gasteiger partial charge in [-0.1, -0.05) is 48.0 Å². The van der Waals surface area contributed by atoms with E-state index < -0.39 is 47.5 Å². The monoisotopic (exact) mass is 524 g/mol. The van der Waals surface area contributed by atoms with Crippen LogP contribution in [0.1, 0.15) is 70.2 Å². The normalized spacial score (nSPS) is 12.8. The molecule has 0 fully saturated rings. The van der Waals surface area contributed by atoms with E-state index in [-0.39, 0.29) is 12.8 Å². The lowest BCUT2D eigenvalue weighted by atomic mass is 9.99. The van der Waals surface area contributed by atoms with Crippen molar-refractivity contribution in [3.05, 3.63) is 65.2 Å². The Labute approximate surface area is 225 Å². The standard InChI is InChI=1S/C29H40N4O5/c1-18(2)33(27(36)23(16-17-24(30)34)32-28(37)38-29(5,6)7)25(21-14-12-19(3)13-15-21)26(35)31-22-11-9-8-10-20(22)4/h8-15,18,23,25H,16-17H2,1-7H3,(H2,30,34)(H,31,35)(H,32,37). The average Bonchev–Trinajstić information content (AvgIpc) is 2.80. The smallest absolute Gasteiger partial charge is 0.408 e. The van der Waals surface area contributed by atoms with E-state index in [1.54, 1.807) is 52.8 Å². The molecule has 0 spiro atoms. The number of carbonyl (C=O) groups excluding carboxylic acids is 4. The Morgan fingerprint density at radius 3 is 2.11 bits per heavy atom. The highest BCUT2D eigenvalue weighted by Gasteiger charge is 2.38. The van der Waals surface area contributed by atoms with Crippen molar-refractivity contribution in [1.82, 2.24) is 10.2 Å². The summed E-state index contributed by atoms with van der Waals surface area (Å²) < 4.78 is 5.35. The number of ether oxygens (including phenoxy) is 1. The summed E-state index contributed by atoms with van der Waals surface area (Å²) in [5.74, 6) is -1.55. The fourth-order valence-corrected chi connectivity index (χ4v) is 3.95. The largest absolute Gasteiger partial charge is 0.444 e. The summed E-state index contributed by atoms with van der Waals surface area (Å²) in [4.78, 5) is 53.4. The van der Waals surface area contributed by atoms with Gasteiger partial charge < -0.3 is 26.0 Å². The van der Waals surface area contributed by atoms with Crippen molar-refractivity contribution < 1.29 is 23.9 Å². The molecule has 0 aliphatic carbocycles. The number of nitrogens with zero attached hydrogens (tertiary/aromatic N) is 1. The number of hydrogen-bond acceptors (Lipinski definition) is 5. The Bertz CT molecular complexity index is 1140. The van der Waals surface area contributed by atoms with E-state index in [2.05, 4.69) is 10.6 Å². The first-order valence-electron chi connectivity index (χ1n) is 12.7. The highest BCUT2D eigenvalue weighted by atomic mass is 16.6. The molecule has 0 aliphatic rings. The number of rotatable bonds is 10. The molecule has 0 aromatic heterocycles. The maximum absolute atomic E-state index is 14.0. The molecule has 0 radical (unpaired) electrons. The van der Waals surface area contributed by atoms with Crippen LogP contribution in [0.5, 0.6) is 0 Å². The van der Waals surface area contributed by atoms with Crippen LogP contribution >= 0.6 is 0 Å². The maximum atomic E-state index is 14.0. The molecule has 0 saturated carbocycles. The van der Waals surface area contributed by atoms with Gasteiger partial charge in [0.25, 0.3) is 5.91 Å². The zero-order valence-corrected chi connectivity index (χ0v) is 23.3. The van der Waals surface area contributed by atoms with Crippen molar-refractivity contribution >= 4 is 29.5 Å². The van der Waals surface area contributed by atoms with Gasteiger partial charge in [-0.05, 0) is 72.1 Å². The molecule has 0 aliphatic heterocycles. The molecule has 2 atom stereocenters. The number of para-hydroxylation sites is 1. The second-order valence-electron chi connectivity index (χ2n) is 10.7. The number of aryl methyl sites for hydroxylation is 2. The summed E-state index contributed by atoms with van der Waals surface area (Å²) in [6.45, 7) is 12.5. The quantitative estimate of drug-likeness (QED) is 0.425. The molecule has 0 saturated heterocycles. The molecule has 2 aromatic rings. The molecular weight excluding hydrogens is 484 g/mol. The van der Waals surface area contributed by atoms with E-state index in [0.29, 0.717) is 11.3 Å². The number of carbonyl (C=O) groups is 4. The van der Waals surface area contributed by atoms with Crippen molar-refractivity contribution in [2.24, 2.45) is 5.73 Å². The minimum absolute atomic E-state index is 0.0450. The number of primary amides is 1. The Balaban J connectivity index is 2.52. The van der Waals surface area contributed by atoms with Gasteiger partial charge in [0, 0.05) is 18.2 Å². The highest BCUT2D eigenvalue weighted by Crippen LogP contribution is 2.28. The van der Waals surface area contributed by atoms with Crippen molar-refractivity contribution in [1.29, 1.82) is 0 Å². The molecule has 9 nitrogen and oxygen atoms in total. The SMILES string of the molecule is Cc1ccc(C(C(=O)Nc2ccccc2C)N(C(=O)C(CCC(N)=O)NC(=O)OC(C)(C)C)C(C)C)cc1. The van der Waals surface area contributed by atoms with Crippen molar-refractivity contribution in [3.63, 3.8) is 0 Å². The van der Waals surface area contributed by atoms with Crippen LogP contribution in [0.25, 0.3) is 0 Å². The molecule has 38 heavy (non-hydrogen) atoms. The first-order chi connectivity index (χ1) is 17.7. The van der Waals surface area contributed by atoms with E-state index in [0.717, 1.165) is 11.1 Å². The fourth-order valence-electron chi connectivity index (χ4n) is 3.95. The average molecular weight is 525 g/mol. The van der Waals surface area contributed by atoms with Crippen LogP contribution in [-0.2, 0) is 19.1 Å². The third-order valence-electron chi connectivity index (χ3n) is 5.80. The van der Waals surface area contributed by atoms with Gasteiger partial charge in [-0.25, -0.2) is 4.79 Å². The van der Waals surface area contributed by atoms with Gasteiger partial charge >= 0.3 is 6.09 Å². The predicted octanol–water partition coefficient (Wildman–Crippen LogP) is 4.38. The van der Waals surface area contributed by atoms with Crippen LogP contribution in [0.3, 0.4) is 0 Å². The summed E-state index contributed by atoms with van der Waals surface area (Å²) in [7, 11) is 0. The Morgan fingerprint density at radius 2 is 1.58 bits per heavy atom. The second kappa shape index (κ2) is 13.1. The van der Waals surface area contributed by atoms with Gasteiger partial charge in [-0.3, -0.25) is 14.4 Å². The Morgan fingerprint density at radius 1 is 0.974 bits per heavy atom. The van der Waals surface area contributed by atoms with E-state index in [1.165, 1.54) is 4.90 Å². The van der Waals surface area contributed by atoms with Crippen LogP contribution in [0, 0.1) is 13.8 Å². The number of hydrogen-bond donors (Lipinski definition) is 3. The minimum Gasteiger partial charge on any atom is -0.444 e. The molecule has 2 aromatic carbocycles. The number of anilines is 1. The number of benzene rings is 2. The second-order valence-corrected chi connectivity index (χ2v) is 10.7.